The van der Waals surface area contributed by atoms with Crippen molar-refractivity contribution in [3.05, 3.63) is 83.2 Å². The molecule has 7 nitrogen and oxygen atoms in total. The highest BCUT2D eigenvalue weighted by Gasteiger charge is 2.22. The lowest BCUT2D eigenvalue weighted by Crippen LogP contribution is -2.32. The first-order valence-electron chi connectivity index (χ1n) is 11.5. The molecule has 2 aromatic carbocycles. The normalized spacial score (nSPS) is 11.4. The SMILES string of the molecule is CCCc1nc(N(C)CCc2ccccc2)ncc1C(=O)NS(=O)(=O)c1ccc(C(C)C)cc1. The number of amides is 1. The van der Waals surface area contributed by atoms with Crippen LogP contribution >= 0.6 is 0 Å². The van der Waals surface area contributed by atoms with Gasteiger partial charge in [0.1, 0.15) is 0 Å². The second-order valence-corrected chi connectivity index (χ2v) is 10.3. The third kappa shape index (κ3) is 6.41. The monoisotopic (exact) mass is 480 g/mol. The van der Waals surface area contributed by atoms with E-state index in [2.05, 4.69) is 26.8 Å². The summed E-state index contributed by atoms with van der Waals surface area (Å²) in [5.74, 6) is 0.0578. The van der Waals surface area contributed by atoms with Gasteiger partial charge in [-0.15, -0.1) is 0 Å². The van der Waals surface area contributed by atoms with Gasteiger partial charge in [-0.3, -0.25) is 4.79 Å². The summed E-state index contributed by atoms with van der Waals surface area (Å²) in [6.07, 6.45) is 3.54. The van der Waals surface area contributed by atoms with E-state index in [0.717, 1.165) is 18.4 Å². The smallest absolute Gasteiger partial charge is 0.268 e. The Morgan fingerprint density at radius 3 is 2.32 bits per heavy atom. The van der Waals surface area contributed by atoms with Crippen molar-refractivity contribution in [2.45, 2.75) is 50.8 Å². The summed E-state index contributed by atoms with van der Waals surface area (Å²) in [7, 11) is -2.11. The topological polar surface area (TPSA) is 92.3 Å². The van der Waals surface area contributed by atoms with Crippen molar-refractivity contribution in [3.63, 3.8) is 0 Å². The van der Waals surface area contributed by atoms with Crippen LogP contribution < -0.4 is 9.62 Å². The van der Waals surface area contributed by atoms with Gasteiger partial charge in [0, 0.05) is 19.8 Å². The van der Waals surface area contributed by atoms with Crippen molar-refractivity contribution < 1.29 is 13.2 Å². The molecule has 1 amide bonds. The number of anilines is 1. The number of likely N-dealkylation sites (N-methyl/N-ethyl adjacent to an activating group) is 1. The van der Waals surface area contributed by atoms with E-state index in [1.54, 1.807) is 12.1 Å². The molecule has 0 saturated heterocycles. The number of nitrogens with zero attached hydrogens (tertiary/aromatic N) is 3. The minimum atomic E-state index is -4.01. The number of hydrogen-bond donors (Lipinski definition) is 1. The summed E-state index contributed by atoms with van der Waals surface area (Å²) >= 11 is 0. The summed E-state index contributed by atoms with van der Waals surface area (Å²) in [5, 5.41) is 0. The highest BCUT2D eigenvalue weighted by molar-refractivity contribution is 7.90. The summed E-state index contributed by atoms with van der Waals surface area (Å²) < 4.78 is 27.7. The molecule has 1 aromatic heterocycles. The van der Waals surface area contributed by atoms with Crippen LogP contribution in [0.5, 0.6) is 0 Å². The Labute approximate surface area is 202 Å². The highest BCUT2D eigenvalue weighted by atomic mass is 32.2. The van der Waals surface area contributed by atoms with E-state index in [-0.39, 0.29) is 16.4 Å². The molecule has 1 heterocycles. The third-order valence-electron chi connectivity index (χ3n) is 5.59. The van der Waals surface area contributed by atoms with Gasteiger partial charge >= 0.3 is 0 Å². The summed E-state index contributed by atoms with van der Waals surface area (Å²) in [4.78, 5) is 23.8. The zero-order chi connectivity index (χ0) is 24.7. The molecule has 1 N–H and O–H groups in total. The number of hydrogen-bond acceptors (Lipinski definition) is 6. The van der Waals surface area contributed by atoms with Crippen LogP contribution in [0.1, 0.15) is 60.3 Å². The first kappa shape index (κ1) is 25.4. The standard InChI is InChI=1S/C26H32N4O3S/c1-5-9-24-23(18-27-26(28-24)30(4)17-16-20-10-7-6-8-11-20)25(31)29-34(32,33)22-14-12-21(13-15-22)19(2)3/h6-8,10-15,18-19H,5,9,16-17H2,1-4H3,(H,29,31). The van der Waals surface area contributed by atoms with Crippen molar-refractivity contribution in [2.75, 3.05) is 18.5 Å². The lowest BCUT2D eigenvalue weighted by atomic mass is 10.0. The second-order valence-electron chi connectivity index (χ2n) is 8.60. The zero-order valence-electron chi connectivity index (χ0n) is 20.2. The fourth-order valence-corrected chi connectivity index (χ4v) is 4.48. The number of rotatable bonds is 10. The first-order valence-corrected chi connectivity index (χ1v) is 13.0. The van der Waals surface area contributed by atoms with Crippen LogP contribution in [0.15, 0.2) is 65.7 Å². The second kappa shape index (κ2) is 11.2. The van der Waals surface area contributed by atoms with Crippen molar-refractivity contribution in [1.82, 2.24) is 14.7 Å². The molecular weight excluding hydrogens is 448 g/mol. The number of nitrogens with one attached hydrogen (secondary N) is 1. The van der Waals surface area contributed by atoms with E-state index in [1.807, 2.05) is 50.9 Å². The number of carbonyl (C=O) groups excluding carboxylic acids is 1. The van der Waals surface area contributed by atoms with Crippen LogP contribution in [0.25, 0.3) is 0 Å². The van der Waals surface area contributed by atoms with Crippen molar-refractivity contribution in [2.24, 2.45) is 0 Å². The average molecular weight is 481 g/mol. The number of sulfonamides is 1. The molecule has 0 spiro atoms. The average Bonchev–Trinajstić information content (AvgIpc) is 2.83. The summed E-state index contributed by atoms with van der Waals surface area (Å²) in [6.45, 7) is 6.75. The van der Waals surface area contributed by atoms with Gasteiger partial charge in [-0.05, 0) is 42.0 Å². The van der Waals surface area contributed by atoms with Gasteiger partial charge in [0.05, 0.1) is 16.2 Å². The van der Waals surface area contributed by atoms with Crippen LogP contribution in [0.2, 0.25) is 0 Å². The number of carbonyl (C=O) groups is 1. The van der Waals surface area contributed by atoms with Gasteiger partial charge in [0.15, 0.2) is 0 Å². The fraction of sp³-hybridized carbons (Fsp3) is 0.346. The molecule has 0 aliphatic carbocycles. The van der Waals surface area contributed by atoms with Crippen LogP contribution in [0.3, 0.4) is 0 Å². The molecule has 8 heteroatoms. The Hall–Kier alpha value is -3.26. The van der Waals surface area contributed by atoms with Gasteiger partial charge in [-0.25, -0.2) is 23.1 Å². The van der Waals surface area contributed by atoms with Crippen LogP contribution in [-0.2, 0) is 22.9 Å². The van der Waals surface area contributed by atoms with Crippen LogP contribution in [0.4, 0.5) is 5.95 Å². The van der Waals surface area contributed by atoms with Crippen LogP contribution in [-0.4, -0.2) is 37.9 Å². The quantitative estimate of drug-likeness (QED) is 0.464. The molecule has 3 aromatic rings. The molecule has 0 atom stereocenters. The molecule has 0 unspecified atom stereocenters. The molecule has 0 aliphatic rings. The Kier molecular flexibility index (Phi) is 8.39. The summed E-state index contributed by atoms with van der Waals surface area (Å²) in [6, 6.07) is 16.7. The maximum atomic E-state index is 12.9. The molecule has 180 valence electrons. The number of benzene rings is 2. The number of aromatic nitrogens is 2. The molecule has 0 fully saturated rings. The molecule has 34 heavy (non-hydrogen) atoms. The van der Waals surface area contributed by atoms with Gasteiger partial charge in [-0.2, -0.15) is 0 Å². The van der Waals surface area contributed by atoms with E-state index in [1.165, 1.54) is 23.9 Å². The van der Waals surface area contributed by atoms with E-state index in [4.69, 9.17) is 0 Å². The van der Waals surface area contributed by atoms with E-state index in [0.29, 0.717) is 24.6 Å². The molecule has 0 saturated carbocycles. The van der Waals surface area contributed by atoms with Crippen molar-refractivity contribution >= 4 is 21.9 Å². The van der Waals surface area contributed by atoms with E-state index < -0.39 is 15.9 Å². The van der Waals surface area contributed by atoms with Gasteiger partial charge in [0.2, 0.25) is 5.95 Å². The number of aryl methyl sites for hydroxylation is 1. The molecule has 3 rings (SSSR count). The molecule has 0 radical (unpaired) electrons. The Bertz CT molecular complexity index is 1210. The molecular formula is C26H32N4O3S. The molecule has 0 aliphatic heterocycles. The van der Waals surface area contributed by atoms with Gasteiger partial charge in [-0.1, -0.05) is 69.7 Å². The van der Waals surface area contributed by atoms with Crippen molar-refractivity contribution in [1.29, 1.82) is 0 Å². The highest BCUT2D eigenvalue weighted by Crippen LogP contribution is 2.19. The minimum absolute atomic E-state index is 0.0421. The van der Waals surface area contributed by atoms with E-state index >= 15 is 0 Å². The Morgan fingerprint density at radius 2 is 1.71 bits per heavy atom. The first-order chi connectivity index (χ1) is 16.2. The third-order valence-corrected chi connectivity index (χ3v) is 6.94. The van der Waals surface area contributed by atoms with Crippen LogP contribution in [0, 0.1) is 0 Å². The summed E-state index contributed by atoms with van der Waals surface area (Å²) in [5.41, 5.74) is 2.94. The molecule has 0 bridgehead atoms. The predicted octanol–water partition coefficient (Wildman–Crippen LogP) is 4.35. The fourth-order valence-electron chi connectivity index (χ4n) is 3.52. The van der Waals surface area contributed by atoms with Gasteiger partial charge < -0.3 is 4.90 Å². The largest absolute Gasteiger partial charge is 0.344 e. The lowest BCUT2D eigenvalue weighted by molar-refractivity contribution is 0.0979. The zero-order valence-corrected chi connectivity index (χ0v) is 21.0. The van der Waals surface area contributed by atoms with E-state index in [9.17, 15) is 13.2 Å². The lowest BCUT2D eigenvalue weighted by Gasteiger charge is -2.19. The maximum Gasteiger partial charge on any atom is 0.268 e. The maximum absolute atomic E-state index is 12.9. The van der Waals surface area contributed by atoms with Gasteiger partial charge in [0.25, 0.3) is 15.9 Å². The van der Waals surface area contributed by atoms with Crippen molar-refractivity contribution in [3.8, 4) is 0 Å². The predicted molar refractivity (Wildman–Crippen MR) is 135 cm³/mol. The minimum Gasteiger partial charge on any atom is -0.344 e. The Balaban J connectivity index is 1.76. The Morgan fingerprint density at radius 1 is 1.03 bits per heavy atom.